The molecule has 0 unspecified atom stereocenters. The van der Waals surface area contributed by atoms with Gasteiger partial charge in [0.05, 0.1) is 12.7 Å². The minimum atomic E-state index is -1.10. The molecule has 0 radical (unpaired) electrons. The Morgan fingerprint density at radius 2 is 2.00 bits per heavy atom. The summed E-state index contributed by atoms with van der Waals surface area (Å²) >= 11 is 0. The van der Waals surface area contributed by atoms with Crippen molar-refractivity contribution >= 4 is 29.0 Å². The highest BCUT2D eigenvalue weighted by atomic mass is 19.1. The molecule has 3 rings (SSSR count). The van der Waals surface area contributed by atoms with Crippen LogP contribution in [0.2, 0.25) is 0 Å². The van der Waals surface area contributed by atoms with Crippen molar-refractivity contribution in [2.24, 2.45) is 5.92 Å². The third kappa shape index (κ3) is 4.13. The van der Waals surface area contributed by atoms with Crippen molar-refractivity contribution in [2.45, 2.75) is 33.2 Å². The average molecular weight is 415 g/mol. The first-order valence-electron chi connectivity index (χ1n) is 9.56. The fraction of sp³-hybridized carbons (Fsp3) is 0.381. The molecule has 158 valence electrons. The second-order valence-electron chi connectivity index (χ2n) is 7.50. The monoisotopic (exact) mass is 415 g/mol. The number of carbonyl (C=O) groups is 1. The Morgan fingerprint density at radius 3 is 2.60 bits per heavy atom. The van der Waals surface area contributed by atoms with Gasteiger partial charge in [-0.25, -0.2) is 13.8 Å². The molecule has 2 aromatic rings. The third-order valence-electron chi connectivity index (χ3n) is 4.87. The first kappa shape index (κ1) is 21.3. The number of nitrogens with one attached hydrogen (secondary N) is 1. The van der Waals surface area contributed by atoms with Crippen LogP contribution in [0.5, 0.6) is 5.75 Å². The van der Waals surface area contributed by atoms with Gasteiger partial charge in [0.2, 0.25) is 11.9 Å². The summed E-state index contributed by atoms with van der Waals surface area (Å²) in [5, 5.41) is 12.0. The number of aromatic nitrogens is 2. The Morgan fingerprint density at radius 1 is 1.33 bits per heavy atom. The van der Waals surface area contributed by atoms with E-state index in [9.17, 15) is 18.7 Å². The van der Waals surface area contributed by atoms with E-state index in [0.29, 0.717) is 24.0 Å². The summed E-state index contributed by atoms with van der Waals surface area (Å²) in [5.74, 6) is 0.0945. The summed E-state index contributed by atoms with van der Waals surface area (Å²) in [6, 6.07) is 1.40. The molecular weight excluding hydrogens is 392 g/mol. The standard InChI is InChI=1S/C21H23F2N5O2/c1-5-7-28-17-11-24-21(25-14-9-15(22)18(29)16(23)10-14)26-19(17)27(8-6-12(2)3)13(4)20(28)30/h1,9-13,29H,6-8H2,2-4H3,(H,24,25,26)/t13-/m1/s1. The largest absolute Gasteiger partial charge is 0.503 e. The number of aromatic hydroxyl groups is 1. The second-order valence-corrected chi connectivity index (χ2v) is 7.50. The van der Waals surface area contributed by atoms with Crippen LogP contribution < -0.4 is 15.1 Å². The van der Waals surface area contributed by atoms with E-state index in [0.717, 1.165) is 18.6 Å². The Bertz CT molecular complexity index is 982. The molecule has 1 amide bonds. The molecule has 0 saturated heterocycles. The van der Waals surface area contributed by atoms with Crippen LogP contribution in [0.25, 0.3) is 0 Å². The quantitative estimate of drug-likeness (QED) is 0.556. The molecule has 0 spiro atoms. The molecule has 0 saturated carbocycles. The molecule has 1 aromatic heterocycles. The number of phenols is 1. The lowest BCUT2D eigenvalue weighted by Crippen LogP contribution is -2.53. The van der Waals surface area contributed by atoms with E-state index < -0.39 is 23.4 Å². The Labute approximate surface area is 173 Å². The van der Waals surface area contributed by atoms with Crippen molar-refractivity contribution in [3.05, 3.63) is 30.0 Å². The maximum atomic E-state index is 13.6. The van der Waals surface area contributed by atoms with Crippen molar-refractivity contribution in [2.75, 3.05) is 28.2 Å². The smallest absolute Gasteiger partial charge is 0.250 e. The van der Waals surface area contributed by atoms with Crippen LogP contribution >= 0.6 is 0 Å². The number of amides is 1. The number of nitrogens with zero attached hydrogens (tertiary/aromatic N) is 4. The van der Waals surface area contributed by atoms with Gasteiger partial charge in [0.25, 0.3) is 0 Å². The van der Waals surface area contributed by atoms with E-state index in [2.05, 4.69) is 35.1 Å². The molecule has 1 atom stereocenters. The van der Waals surface area contributed by atoms with E-state index in [1.54, 1.807) is 6.92 Å². The van der Waals surface area contributed by atoms with Crippen molar-refractivity contribution in [3.8, 4) is 18.1 Å². The van der Waals surface area contributed by atoms with E-state index in [1.165, 1.54) is 11.1 Å². The van der Waals surface area contributed by atoms with E-state index in [1.807, 2.05) is 4.90 Å². The Hall–Kier alpha value is -3.41. The zero-order chi connectivity index (χ0) is 22.0. The van der Waals surface area contributed by atoms with E-state index in [4.69, 9.17) is 6.42 Å². The molecule has 2 heterocycles. The van der Waals surface area contributed by atoms with E-state index >= 15 is 0 Å². The van der Waals surface area contributed by atoms with Gasteiger partial charge in [0, 0.05) is 24.4 Å². The van der Waals surface area contributed by atoms with Crippen LogP contribution in [0.3, 0.4) is 0 Å². The Balaban J connectivity index is 2.00. The predicted octanol–water partition coefficient (Wildman–Crippen LogP) is 3.42. The minimum absolute atomic E-state index is 0.0388. The Kier molecular flexibility index (Phi) is 6.06. The van der Waals surface area contributed by atoms with Crippen molar-refractivity contribution < 1.29 is 18.7 Å². The number of terminal acetylenes is 1. The zero-order valence-electron chi connectivity index (χ0n) is 17.0. The number of anilines is 4. The molecule has 0 aliphatic carbocycles. The van der Waals surface area contributed by atoms with Crippen LogP contribution in [0.15, 0.2) is 18.3 Å². The van der Waals surface area contributed by atoms with Crippen molar-refractivity contribution in [3.63, 3.8) is 0 Å². The lowest BCUT2D eigenvalue weighted by Gasteiger charge is -2.40. The van der Waals surface area contributed by atoms with Gasteiger partial charge in [-0.15, -0.1) is 6.42 Å². The van der Waals surface area contributed by atoms with Gasteiger partial charge in [-0.05, 0) is 19.3 Å². The predicted molar refractivity (Wildman–Crippen MR) is 111 cm³/mol. The van der Waals surface area contributed by atoms with Crippen molar-refractivity contribution in [1.82, 2.24) is 9.97 Å². The number of benzene rings is 1. The molecule has 0 bridgehead atoms. The summed E-state index contributed by atoms with van der Waals surface area (Å²) in [4.78, 5) is 24.8. The molecule has 0 fully saturated rings. The van der Waals surface area contributed by atoms with Crippen molar-refractivity contribution in [1.29, 1.82) is 0 Å². The summed E-state index contributed by atoms with van der Waals surface area (Å²) < 4.78 is 27.3. The highest BCUT2D eigenvalue weighted by Gasteiger charge is 2.36. The first-order valence-corrected chi connectivity index (χ1v) is 9.56. The lowest BCUT2D eigenvalue weighted by atomic mass is 10.1. The third-order valence-corrected chi connectivity index (χ3v) is 4.87. The highest BCUT2D eigenvalue weighted by molar-refractivity contribution is 6.04. The van der Waals surface area contributed by atoms with Gasteiger partial charge in [-0.1, -0.05) is 19.8 Å². The number of carbonyl (C=O) groups excluding carboxylic acids is 1. The topological polar surface area (TPSA) is 81.6 Å². The number of rotatable bonds is 6. The zero-order valence-corrected chi connectivity index (χ0v) is 17.0. The van der Waals surface area contributed by atoms with Gasteiger partial charge in [-0.3, -0.25) is 9.69 Å². The van der Waals surface area contributed by atoms with Crippen LogP contribution in [-0.2, 0) is 4.79 Å². The maximum Gasteiger partial charge on any atom is 0.250 e. The van der Waals surface area contributed by atoms with Crippen LogP contribution in [0, 0.1) is 29.9 Å². The number of hydrogen-bond acceptors (Lipinski definition) is 6. The minimum Gasteiger partial charge on any atom is -0.503 e. The van der Waals surface area contributed by atoms with Gasteiger partial charge in [0.15, 0.2) is 23.2 Å². The fourth-order valence-electron chi connectivity index (χ4n) is 3.21. The lowest BCUT2D eigenvalue weighted by molar-refractivity contribution is -0.119. The van der Waals surface area contributed by atoms with Gasteiger partial charge in [-0.2, -0.15) is 4.98 Å². The van der Waals surface area contributed by atoms with Crippen LogP contribution in [0.4, 0.5) is 31.9 Å². The summed E-state index contributed by atoms with van der Waals surface area (Å²) in [6.45, 7) is 6.64. The normalized spacial score (nSPS) is 15.9. The molecule has 1 aromatic carbocycles. The average Bonchev–Trinajstić information content (AvgIpc) is 2.69. The maximum absolute atomic E-state index is 13.6. The molecule has 1 aliphatic rings. The first-order chi connectivity index (χ1) is 14.2. The highest BCUT2D eigenvalue weighted by Crippen LogP contribution is 2.35. The molecule has 7 nitrogen and oxygen atoms in total. The number of fused-ring (bicyclic) bond motifs is 1. The number of hydrogen-bond donors (Lipinski definition) is 2. The van der Waals surface area contributed by atoms with E-state index in [-0.39, 0.29) is 24.1 Å². The molecule has 9 heteroatoms. The molecular formula is C21H23F2N5O2. The van der Waals surface area contributed by atoms with Crippen LogP contribution in [0.1, 0.15) is 27.2 Å². The van der Waals surface area contributed by atoms with Crippen LogP contribution in [-0.4, -0.2) is 40.1 Å². The van der Waals surface area contributed by atoms with Gasteiger partial charge < -0.3 is 15.3 Å². The summed E-state index contributed by atoms with van der Waals surface area (Å²) in [7, 11) is 0. The van der Waals surface area contributed by atoms with Gasteiger partial charge >= 0.3 is 0 Å². The fourth-order valence-corrected chi connectivity index (χ4v) is 3.21. The molecule has 30 heavy (non-hydrogen) atoms. The summed E-state index contributed by atoms with van der Waals surface area (Å²) in [5.41, 5.74) is 0.519. The van der Waals surface area contributed by atoms with Gasteiger partial charge in [0.1, 0.15) is 11.7 Å². The number of halogens is 2. The second kappa shape index (κ2) is 8.53. The SMILES string of the molecule is C#CCN1C(=O)[C@@H](C)N(CCC(C)C)c2nc(Nc3cc(F)c(O)c(F)c3)ncc21. The number of phenolic OH excluding ortho intramolecular Hbond substituents is 1. The molecule has 1 aliphatic heterocycles. The molecule has 2 N–H and O–H groups in total. The summed E-state index contributed by atoms with van der Waals surface area (Å²) in [6.07, 6.45) is 7.73.